The Morgan fingerprint density at radius 1 is 1.11 bits per heavy atom. The first-order valence-corrected chi connectivity index (χ1v) is 6.95. The summed E-state index contributed by atoms with van der Waals surface area (Å²) in [5, 5.41) is 1.000. The molecule has 0 spiro atoms. The number of halogens is 2. The molecule has 19 heavy (non-hydrogen) atoms. The molecule has 1 aromatic heterocycles. The summed E-state index contributed by atoms with van der Waals surface area (Å²) >= 11 is 0. The summed E-state index contributed by atoms with van der Waals surface area (Å²) in [6.45, 7) is 0. The SMILES string of the molecule is N=S(=O)(/C=C/c1c(F)cccc1F)c1ccccn1. The van der Waals surface area contributed by atoms with Crippen LogP contribution in [0.3, 0.4) is 0 Å². The minimum atomic E-state index is -3.32. The van der Waals surface area contributed by atoms with E-state index in [9.17, 15) is 13.0 Å². The van der Waals surface area contributed by atoms with E-state index >= 15 is 0 Å². The zero-order chi connectivity index (χ0) is 13.9. The molecule has 98 valence electrons. The highest BCUT2D eigenvalue weighted by Gasteiger charge is 2.09. The first kappa shape index (κ1) is 13.4. The molecule has 2 aromatic rings. The van der Waals surface area contributed by atoms with Crippen LogP contribution in [0.5, 0.6) is 0 Å². The van der Waals surface area contributed by atoms with E-state index in [4.69, 9.17) is 4.78 Å². The van der Waals surface area contributed by atoms with Crippen molar-refractivity contribution in [2.45, 2.75) is 5.03 Å². The van der Waals surface area contributed by atoms with Gasteiger partial charge in [-0.3, -0.25) is 0 Å². The summed E-state index contributed by atoms with van der Waals surface area (Å²) in [6.07, 6.45) is 2.41. The van der Waals surface area contributed by atoms with Gasteiger partial charge in [0.2, 0.25) is 0 Å². The average Bonchev–Trinajstić information content (AvgIpc) is 2.39. The Labute approximate surface area is 109 Å². The molecule has 6 heteroatoms. The highest BCUT2D eigenvalue weighted by molar-refractivity contribution is 7.95. The van der Waals surface area contributed by atoms with Gasteiger partial charge in [-0.25, -0.2) is 22.8 Å². The average molecular weight is 280 g/mol. The number of hydrogen-bond acceptors (Lipinski definition) is 3. The van der Waals surface area contributed by atoms with Crippen LogP contribution in [0, 0.1) is 16.4 Å². The molecule has 1 unspecified atom stereocenters. The lowest BCUT2D eigenvalue weighted by molar-refractivity contribution is 0.579. The molecule has 1 atom stereocenters. The topological polar surface area (TPSA) is 53.8 Å². The number of nitrogens with one attached hydrogen (secondary N) is 1. The Balaban J connectivity index is 2.39. The molecule has 0 fully saturated rings. The first-order valence-electron chi connectivity index (χ1n) is 5.33. The third-order valence-electron chi connectivity index (χ3n) is 2.37. The third kappa shape index (κ3) is 3.03. The fraction of sp³-hybridized carbons (Fsp3) is 0. The number of nitrogens with zero attached hydrogens (tertiary/aromatic N) is 1. The summed E-state index contributed by atoms with van der Waals surface area (Å²) in [5.74, 6) is -1.54. The van der Waals surface area contributed by atoms with Crippen molar-refractivity contribution in [2.75, 3.05) is 0 Å². The van der Waals surface area contributed by atoms with Crippen LogP contribution in [0.4, 0.5) is 8.78 Å². The van der Waals surface area contributed by atoms with Gasteiger partial charge in [0.15, 0.2) is 0 Å². The van der Waals surface area contributed by atoms with Gasteiger partial charge in [-0.05, 0) is 30.3 Å². The summed E-state index contributed by atoms with van der Waals surface area (Å²) in [5.41, 5.74) is -0.321. The van der Waals surface area contributed by atoms with Gasteiger partial charge in [0.1, 0.15) is 26.4 Å². The van der Waals surface area contributed by atoms with Gasteiger partial charge in [0, 0.05) is 17.2 Å². The van der Waals surface area contributed by atoms with Gasteiger partial charge in [0.25, 0.3) is 0 Å². The van der Waals surface area contributed by atoms with Gasteiger partial charge >= 0.3 is 0 Å². The van der Waals surface area contributed by atoms with Crippen LogP contribution in [0.25, 0.3) is 6.08 Å². The Morgan fingerprint density at radius 3 is 2.37 bits per heavy atom. The van der Waals surface area contributed by atoms with E-state index < -0.39 is 21.4 Å². The maximum atomic E-state index is 13.4. The second-order valence-corrected chi connectivity index (χ2v) is 5.60. The Hall–Kier alpha value is -2.08. The molecule has 0 aliphatic heterocycles. The fourth-order valence-electron chi connectivity index (χ4n) is 1.43. The number of pyridine rings is 1. The number of hydrogen-bond donors (Lipinski definition) is 1. The lowest BCUT2D eigenvalue weighted by Crippen LogP contribution is -1.97. The standard InChI is InChI=1S/C13H10F2N2OS/c14-11-4-3-5-12(15)10(11)7-9-19(16,18)13-6-1-2-8-17-13/h1-9,16H/b9-7+. The normalized spacial score (nSPS) is 14.4. The molecule has 1 heterocycles. The van der Waals surface area contributed by atoms with Crippen LogP contribution >= 0.6 is 0 Å². The van der Waals surface area contributed by atoms with Crippen LogP contribution in [0.1, 0.15) is 5.56 Å². The highest BCUT2D eigenvalue weighted by atomic mass is 32.2. The molecular weight excluding hydrogens is 270 g/mol. The van der Waals surface area contributed by atoms with Crippen molar-refractivity contribution in [1.29, 1.82) is 4.78 Å². The Bertz CT molecular complexity index is 692. The van der Waals surface area contributed by atoms with Crippen LogP contribution in [-0.4, -0.2) is 9.19 Å². The van der Waals surface area contributed by atoms with Crippen molar-refractivity contribution in [1.82, 2.24) is 4.98 Å². The molecule has 0 amide bonds. The summed E-state index contributed by atoms with van der Waals surface area (Å²) in [4.78, 5) is 3.81. The molecule has 0 bridgehead atoms. The number of aromatic nitrogens is 1. The molecule has 1 aromatic carbocycles. The lowest BCUT2D eigenvalue weighted by atomic mass is 10.2. The van der Waals surface area contributed by atoms with Crippen molar-refractivity contribution >= 4 is 15.8 Å². The lowest BCUT2D eigenvalue weighted by Gasteiger charge is -2.01. The van der Waals surface area contributed by atoms with Gasteiger partial charge < -0.3 is 0 Å². The maximum absolute atomic E-state index is 13.4. The van der Waals surface area contributed by atoms with Crippen molar-refractivity contribution < 1.29 is 13.0 Å². The largest absolute Gasteiger partial charge is 0.246 e. The first-order chi connectivity index (χ1) is 9.00. The second kappa shape index (κ2) is 5.27. The molecule has 0 radical (unpaired) electrons. The van der Waals surface area contributed by atoms with E-state index in [1.165, 1.54) is 18.3 Å². The Morgan fingerprint density at radius 2 is 1.79 bits per heavy atom. The summed E-state index contributed by atoms with van der Waals surface area (Å²) in [7, 11) is -3.32. The van der Waals surface area contributed by atoms with E-state index in [1.807, 2.05) is 0 Å². The van der Waals surface area contributed by atoms with E-state index in [-0.39, 0.29) is 10.6 Å². The van der Waals surface area contributed by atoms with Crippen molar-refractivity contribution in [3.63, 3.8) is 0 Å². The minimum absolute atomic E-state index is 0.0444. The molecule has 0 saturated heterocycles. The van der Waals surface area contributed by atoms with Crippen molar-refractivity contribution in [3.8, 4) is 0 Å². The predicted molar refractivity (Wildman–Crippen MR) is 68.8 cm³/mol. The maximum Gasteiger partial charge on any atom is 0.139 e. The fourth-order valence-corrected chi connectivity index (χ4v) is 2.40. The molecule has 0 saturated carbocycles. The predicted octanol–water partition coefficient (Wildman–Crippen LogP) is 3.44. The van der Waals surface area contributed by atoms with Crippen molar-refractivity contribution in [3.05, 3.63) is 65.2 Å². The third-order valence-corrected chi connectivity index (χ3v) is 3.76. The number of benzene rings is 1. The molecule has 0 aliphatic carbocycles. The molecular formula is C13H10F2N2OS. The van der Waals surface area contributed by atoms with E-state index in [2.05, 4.69) is 4.98 Å². The van der Waals surface area contributed by atoms with Crippen LogP contribution < -0.4 is 0 Å². The van der Waals surface area contributed by atoms with Gasteiger partial charge in [-0.2, -0.15) is 0 Å². The molecule has 2 rings (SSSR count). The van der Waals surface area contributed by atoms with Crippen LogP contribution in [0.15, 0.2) is 53.0 Å². The molecule has 1 N–H and O–H groups in total. The quantitative estimate of drug-likeness (QED) is 0.936. The monoisotopic (exact) mass is 280 g/mol. The highest BCUT2D eigenvalue weighted by Crippen LogP contribution is 2.16. The van der Waals surface area contributed by atoms with Gasteiger partial charge in [0.05, 0.1) is 0 Å². The molecule has 0 aliphatic rings. The van der Waals surface area contributed by atoms with E-state index in [0.29, 0.717) is 0 Å². The van der Waals surface area contributed by atoms with Gasteiger partial charge in [-0.1, -0.05) is 12.1 Å². The smallest absolute Gasteiger partial charge is 0.139 e. The van der Waals surface area contributed by atoms with E-state index in [0.717, 1.165) is 23.6 Å². The summed E-state index contributed by atoms with van der Waals surface area (Å²) < 4.78 is 46.5. The summed E-state index contributed by atoms with van der Waals surface area (Å²) in [6, 6.07) is 8.06. The minimum Gasteiger partial charge on any atom is -0.246 e. The van der Waals surface area contributed by atoms with Gasteiger partial charge in [-0.15, -0.1) is 0 Å². The second-order valence-electron chi connectivity index (χ2n) is 3.71. The van der Waals surface area contributed by atoms with Crippen LogP contribution in [-0.2, 0) is 9.73 Å². The molecule has 3 nitrogen and oxygen atoms in total. The van der Waals surface area contributed by atoms with E-state index in [1.54, 1.807) is 12.1 Å². The zero-order valence-corrected chi connectivity index (χ0v) is 10.5. The van der Waals surface area contributed by atoms with Crippen molar-refractivity contribution in [2.24, 2.45) is 0 Å². The Kier molecular flexibility index (Phi) is 3.71. The zero-order valence-electron chi connectivity index (χ0n) is 9.72. The van der Waals surface area contributed by atoms with Crippen LogP contribution in [0.2, 0.25) is 0 Å². The number of rotatable bonds is 3.